The van der Waals surface area contributed by atoms with Gasteiger partial charge in [-0.1, -0.05) is 57.2 Å². The number of allylic oxidation sites excluding steroid dienone is 1. The largest absolute Gasteiger partial charge is 0.457 e. The highest BCUT2D eigenvalue weighted by atomic mass is 16.6. The van der Waals surface area contributed by atoms with Gasteiger partial charge in [0.2, 0.25) is 6.54 Å². The molecule has 2 saturated heterocycles. The van der Waals surface area contributed by atoms with Crippen molar-refractivity contribution in [1.82, 2.24) is 0 Å². The molecule has 62 heavy (non-hydrogen) atoms. The summed E-state index contributed by atoms with van der Waals surface area (Å²) in [4.78, 5) is 63.7. The van der Waals surface area contributed by atoms with E-state index in [0.717, 1.165) is 16.7 Å². The van der Waals surface area contributed by atoms with Gasteiger partial charge in [-0.3, -0.25) is 19.7 Å². The molecule has 0 amide bonds. The predicted octanol–water partition coefficient (Wildman–Crippen LogP) is 4.31. The Balaban J connectivity index is 0.000000188. The van der Waals surface area contributed by atoms with E-state index in [1.54, 1.807) is 20.8 Å². The number of hydrogen-bond acceptors (Lipinski definition) is 14. The second kappa shape index (κ2) is 17.3. The number of Topliss-reactive ketones (excluding diaryl/α,β-unsaturated/α-hetero) is 2. The highest BCUT2D eigenvalue weighted by molar-refractivity contribution is 6.00. The average molecular weight is 866 g/mol. The number of nitrogens with zero attached hydrogens (tertiary/aromatic N) is 1. The third-order valence-electron chi connectivity index (χ3n) is 15.4. The number of methoxy groups -OCH3 is 2. The summed E-state index contributed by atoms with van der Waals surface area (Å²) in [7, 11) is 2.91. The molecule has 4 heterocycles. The van der Waals surface area contributed by atoms with E-state index >= 15 is 0 Å². The summed E-state index contributed by atoms with van der Waals surface area (Å²) in [6.45, 7) is 14.1. The van der Waals surface area contributed by atoms with Gasteiger partial charge in [0.05, 0.1) is 42.2 Å². The van der Waals surface area contributed by atoms with Crippen molar-refractivity contribution in [2.45, 2.75) is 128 Å². The number of cyclic esters (lactones) is 2. The summed E-state index contributed by atoms with van der Waals surface area (Å²) >= 11 is 0. The molecule has 15 nitrogen and oxygen atoms in total. The predicted molar refractivity (Wildman–Crippen MR) is 223 cm³/mol. The van der Waals surface area contributed by atoms with Gasteiger partial charge in [0.25, 0.3) is 0 Å². The Hall–Kier alpha value is -3.86. The summed E-state index contributed by atoms with van der Waals surface area (Å²) in [6, 6.07) is 0. The summed E-state index contributed by atoms with van der Waals surface area (Å²) in [5.41, 5.74) is 0.674. The Morgan fingerprint density at radius 3 is 1.71 bits per heavy atom. The first-order chi connectivity index (χ1) is 29.2. The fraction of sp³-hybridized carbons (Fsp3) is 0.702. The lowest BCUT2D eigenvalue weighted by atomic mass is 9.56. The smallest absolute Gasteiger partial charge is 0.335 e. The molecule has 2 spiro atoms. The molecular formula is C47H63NO14. The Labute approximate surface area is 363 Å². The third-order valence-corrected chi connectivity index (χ3v) is 15.4. The zero-order valence-corrected chi connectivity index (χ0v) is 37.3. The maximum Gasteiger partial charge on any atom is 0.335 e. The number of nitro groups is 1. The van der Waals surface area contributed by atoms with Crippen molar-refractivity contribution in [3.63, 3.8) is 0 Å². The minimum atomic E-state index is -1.02. The lowest BCUT2D eigenvalue weighted by Gasteiger charge is -2.45. The Kier molecular flexibility index (Phi) is 12.8. The number of ketones is 2. The van der Waals surface area contributed by atoms with Crippen LogP contribution in [0.4, 0.5) is 0 Å². The average Bonchev–Trinajstić information content (AvgIpc) is 3.50. The van der Waals surface area contributed by atoms with Gasteiger partial charge in [0.15, 0.2) is 18.0 Å². The zero-order valence-electron chi connectivity index (χ0n) is 37.3. The molecule has 8 rings (SSSR count). The van der Waals surface area contributed by atoms with Crippen LogP contribution in [0.3, 0.4) is 0 Å². The number of carbonyl (C=O) groups is 4. The number of rotatable bonds is 6. The highest BCUT2D eigenvalue weighted by Crippen LogP contribution is 2.61. The van der Waals surface area contributed by atoms with Crippen LogP contribution in [0.15, 0.2) is 59.3 Å². The van der Waals surface area contributed by atoms with Crippen LogP contribution in [0, 0.1) is 69.3 Å². The maximum absolute atomic E-state index is 13.7. The normalized spacial score (nSPS) is 47.1. The SMILES string of the molecule is CO[C@H]1C[C@H]2C=C[C@H]3[C@@H]4C=C(C)C(=O)[C@H]3[C@]2(O4)/C(C)=C/[C@@H](C)[C@@H]([C@@H](C)O)OC1=O.CO[C@H]1C[C@H]2C=C[C@H]3[C@H]4O[C@]2(/C(C)=C/[C@@H](C)[C@@H]([C@@H](C)O)OC1=O)[C@@H]3C(=O)C(C)[C@H]4C[N+](=O)[O-]. The van der Waals surface area contributed by atoms with E-state index in [-0.39, 0.29) is 77.0 Å². The molecule has 8 bridgehead atoms. The van der Waals surface area contributed by atoms with Gasteiger partial charge < -0.3 is 38.6 Å². The van der Waals surface area contributed by atoms with Crippen LogP contribution in [-0.4, -0.2) is 119 Å². The monoisotopic (exact) mass is 865 g/mol. The Bertz CT molecular complexity index is 1980. The van der Waals surface area contributed by atoms with Crippen LogP contribution in [0.1, 0.15) is 68.2 Å². The fourth-order valence-electron chi connectivity index (χ4n) is 12.4. The molecule has 4 aliphatic carbocycles. The summed E-state index contributed by atoms with van der Waals surface area (Å²) < 4.78 is 35.6. The molecule has 0 aromatic carbocycles. The van der Waals surface area contributed by atoms with Crippen molar-refractivity contribution >= 4 is 23.5 Å². The molecule has 15 heteroatoms. The molecule has 3 fully saturated rings. The van der Waals surface area contributed by atoms with E-state index in [2.05, 4.69) is 12.2 Å². The van der Waals surface area contributed by atoms with Crippen molar-refractivity contribution in [2.75, 3.05) is 20.8 Å². The summed E-state index contributed by atoms with van der Waals surface area (Å²) in [5, 5.41) is 31.9. The minimum Gasteiger partial charge on any atom is -0.457 e. The van der Waals surface area contributed by atoms with Gasteiger partial charge in [-0.05, 0) is 70.3 Å². The maximum atomic E-state index is 13.7. The molecule has 2 N–H and O–H groups in total. The molecule has 340 valence electrons. The van der Waals surface area contributed by atoms with Crippen LogP contribution in [0.5, 0.6) is 0 Å². The number of carbonyl (C=O) groups excluding carboxylic acids is 4. The first-order valence-electron chi connectivity index (χ1n) is 22.0. The van der Waals surface area contributed by atoms with Gasteiger partial charge in [0.1, 0.15) is 29.2 Å². The third kappa shape index (κ3) is 7.37. The number of ether oxygens (including phenoxy) is 6. The molecule has 20 atom stereocenters. The Morgan fingerprint density at radius 1 is 0.758 bits per heavy atom. The second-order valence-electron chi connectivity index (χ2n) is 19.1. The van der Waals surface area contributed by atoms with Crippen molar-refractivity contribution in [3.05, 3.63) is 69.4 Å². The lowest BCUT2D eigenvalue weighted by Crippen LogP contribution is -2.54. The van der Waals surface area contributed by atoms with Gasteiger partial charge in [-0.15, -0.1) is 0 Å². The molecular weight excluding hydrogens is 803 g/mol. The highest BCUT2D eigenvalue weighted by Gasteiger charge is 2.69. The number of aliphatic hydroxyl groups is 2. The van der Waals surface area contributed by atoms with E-state index in [0.29, 0.717) is 6.42 Å². The molecule has 8 aliphatic rings. The van der Waals surface area contributed by atoms with Crippen LogP contribution >= 0.6 is 0 Å². The lowest BCUT2D eigenvalue weighted by molar-refractivity contribution is -0.492. The van der Waals surface area contributed by atoms with E-state index in [1.807, 2.05) is 65.0 Å². The first-order valence-corrected chi connectivity index (χ1v) is 22.0. The van der Waals surface area contributed by atoms with Gasteiger partial charge in [-0.25, -0.2) is 9.59 Å². The van der Waals surface area contributed by atoms with Gasteiger partial charge in [-0.2, -0.15) is 0 Å². The standard InChI is InChI=1S/C24H33NO8.C23H30O6/c1-11-8-12(2)24-15(9-18(31-5)23(28)32-21(11)14(4)26)6-7-16-19(24)20(27)13(3)17(10-25(29)30)22(16)33-24;1-11-9-17-16-7-6-15-10-18(27-5)22(26)28-21(14(4)24)12(2)8-13(3)23(15,29-17)19(16)20(11)25/h6-8,11,13-19,21-22,26H,9-10H2,1-5H3;6-9,12,14-19,21,24H,10H2,1-5H3/b12-8+;13-8+/t11-,13?,14-,15-,16-,17-,18+,19+,21+,22-,24+;12-,14-,15-,16+,17+,18+,19+,21+,23+/m11/s1. The number of esters is 2. The minimum absolute atomic E-state index is 0.00422. The van der Waals surface area contributed by atoms with Crippen LogP contribution in [-0.2, 0) is 47.6 Å². The van der Waals surface area contributed by atoms with Crippen LogP contribution < -0.4 is 0 Å². The van der Waals surface area contributed by atoms with Crippen LogP contribution in [0.25, 0.3) is 0 Å². The topological polar surface area (TPSA) is 207 Å². The second-order valence-corrected chi connectivity index (χ2v) is 19.1. The molecule has 1 saturated carbocycles. The van der Waals surface area contributed by atoms with Gasteiger partial charge in [0, 0.05) is 60.6 Å². The number of hydrogen-bond donors (Lipinski definition) is 2. The first kappa shape index (κ1) is 46.1. The molecule has 0 aromatic rings. The summed E-state index contributed by atoms with van der Waals surface area (Å²) in [6.07, 6.45) is 8.96. The van der Waals surface area contributed by atoms with Crippen molar-refractivity contribution in [2.24, 2.45) is 59.2 Å². The van der Waals surface area contributed by atoms with Gasteiger partial charge >= 0.3 is 11.9 Å². The molecule has 0 radical (unpaired) electrons. The van der Waals surface area contributed by atoms with E-state index in [1.165, 1.54) is 14.2 Å². The van der Waals surface area contributed by atoms with Crippen molar-refractivity contribution in [3.8, 4) is 0 Å². The number of aliphatic hydroxyl groups excluding tert-OH is 2. The molecule has 1 unspecified atom stereocenters. The van der Waals surface area contributed by atoms with E-state index in [9.17, 15) is 39.5 Å². The quantitative estimate of drug-likeness (QED) is 0.165. The van der Waals surface area contributed by atoms with Crippen molar-refractivity contribution in [1.29, 1.82) is 0 Å². The molecule has 4 aliphatic heterocycles. The van der Waals surface area contributed by atoms with E-state index in [4.69, 9.17) is 28.4 Å². The zero-order chi connectivity index (χ0) is 45.3. The summed E-state index contributed by atoms with van der Waals surface area (Å²) in [5.74, 6) is -4.20. The Morgan fingerprint density at radius 2 is 1.24 bits per heavy atom. The fourth-order valence-corrected chi connectivity index (χ4v) is 12.4. The van der Waals surface area contributed by atoms with E-state index < -0.39 is 83.6 Å². The van der Waals surface area contributed by atoms with Crippen LogP contribution in [0.2, 0.25) is 0 Å². The molecule has 0 aromatic heterocycles. The van der Waals surface area contributed by atoms with Crippen molar-refractivity contribution < 1.29 is 62.7 Å².